The van der Waals surface area contributed by atoms with Crippen molar-refractivity contribution in [2.45, 2.75) is 24.3 Å². The second-order valence-electron chi connectivity index (χ2n) is 4.18. The number of esters is 1. The molecule has 0 heterocycles. The highest BCUT2D eigenvalue weighted by Gasteiger charge is 2.24. The standard InChI is InChI=1S/C12H16N2O5S/c1-8(7-11(13)15)14-20(17,18)10-6-4-3-5-9(10)12(16)19-2/h3-6,8,14H,7H2,1-2H3,(H2,13,15). The summed E-state index contributed by atoms with van der Waals surface area (Å²) in [4.78, 5) is 22.1. The Bertz CT molecular complexity index is 612. The van der Waals surface area contributed by atoms with E-state index in [9.17, 15) is 18.0 Å². The van der Waals surface area contributed by atoms with Crippen molar-refractivity contribution in [1.82, 2.24) is 4.72 Å². The molecule has 0 aliphatic heterocycles. The van der Waals surface area contributed by atoms with Gasteiger partial charge >= 0.3 is 5.97 Å². The predicted octanol–water partition coefficient (Wildman–Crippen LogP) is 0.0154. The third kappa shape index (κ3) is 4.04. The highest BCUT2D eigenvalue weighted by Crippen LogP contribution is 2.16. The molecule has 1 atom stereocenters. The van der Waals surface area contributed by atoms with E-state index in [0.29, 0.717) is 0 Å². The van der Waals surface area contributed by atoms with E-state index >= 15 is 0 Å². The molecule has 0 radical (unpaired) electrons. The van der Waals surface area contributed by atoms with Gasteiger partial charge in [-0.05, 0) is 19.1 Å². The van der Waals surface area contributed by atoms with Crippen LogP contribution in [0.3, 0.4) is 0 Å². The fourth-order valence-corrected chi connectivity index (χ4v) is 3.09. The molecule has 1 unspecified atom stereocenters. The average molecular weight is 300 g/mol. The topological polar surface area (TPSA) is 116 Å². The van der Waals surface area contributed by atoms with Gasteiger partial charge in [-0.3, -0.25) is 4.79 Å². The summed E-state index contributed by atoms with van der Waals surface area (Å²) in [7, 11) is -2.79. The maximum absolute atomic E-state index is 12.2. The molecule has 0 aliphatic rings. The van der Waals surface area contributed by atoms with Crippen molar-refractivity contribution < 1.29 is 22.7 Å². The first-order valence-electron chi connectivity index (χ1n) is 5.76. The van der Waals surface area contributed by atoms with E-state index in [0.717, 1.165) is 7.11 Å². The zero-order valence-corrected chi connectivity index (χ0v) is 11.9. The van der Waals surface area contributed by atoms with Crippen molar-refractivity contribution in [3.63, 3.8) is 0 Å². The van der Waals surface area contributed by atoms with E-state index in [2.05, 4.69) is 9.46 Å². The van der Waals surface area contributed by atoms with Crippen LogP contribution in [0, 0.1) is 0 Å². The van der Waals surface area contributed by atoms with Crippen LogP contribution >= 0.6 is 0 Å². The summed E-state index contributed by atoms with van der Waals surface area (Å²) >= 11 is 0. The lowest BCUT2D eigenvalue weighted by atomic mass is 10.2. The van der Waals surface area contributed by atoms with Gasteiger partial charge in [0, 0.05) is 12.5 Å². The number of benzene rings is 1. The van der Waals surface area contributed by atoms with Crippen LogP contribution in [-0.2, 0) is 19.6 Å². The van der Waals surface area contributed by atoms with Gasteiger partial charge in [-0.1, -0.05) is 12.1 Å². The number of carbonyl (C=O) groups excluding carboxylic acids is 2. The highest BCUT2D eigenvalue weighted by atomic mass is 32.2. The smallest absolute Gasteiger partial charge is 0.339 e. The van der Waals surface area contributed by atoms with Crippen LogP contribution in [0.2, 0.25) is 0 Å². The predicted molar refractivity (Wildman–Crippen MR) is 71.4 cm³/mol. The van der Waals surface area contributed by atoms with E-state index in [1.54, 1.807) is 0 Å². The number of hydrogen-bond donors (Lipinski definition) is 2. The number of primary amides is 1. The number of methoxy groups -OCH3 is 1. The summed E-state index contributed by atoms with van der Waals surface area (Å²) in [6.45, 7) is 1.50. The molecule has 0 aromatic heterocycles. The molecular formula is C12H16N2O5S. The molecule has 1 aromatic rings. The van der Waals surface area contributed by atoms with Gasteiger partial charge in [0.15, 0.2) is 0 Å². The van der Waals surface area contributed by atoms with Gasteiger partial charge < -0.3 is 10.5 Å². The van der Waals surface area contributed by atoms with Crippen LogP contribution in [0.15, 0.2) is 29.2 Å². The molecule has 20 heavy (non-hydrogen) atoms. The third-order valence-corrected chi connectivity index (χ3v) is 4.09. The van der Waals surface area contributed by atoms with Crippen molar-refractivity contribution >= 4 is 21.9 Å². The number of rotatable bonds is 6. The molecule has 0 aliphatic carbocycles. The number of hydrogen-bond acceptors (Lipinski definition) is 5. The SMILES string of the molecule is COC(=O)c1ccccc1S(=O)(=O)NC(C)CC(N)=O. The minimum atomic E-state index is -3.95. The zero-order valence-electron chi connectivity index (χ0n) is 11.1. The number of ether oxygens (including phenoxy) is 1. The van der Waals surface area contributed by atoms with Gasteiger partial charge in [0.05, 0.1) is 17.6 Å². The molecule has 0 bridgehead atoms. The second-order valence-corrected chi connectivity index (χ2v) is 5.86. The van der Waals surface area contributed by atoms with E-state index in [1.807, 2.05) is 0 Å². The molecule has 3 N–H and O–H groups in total. The zero-order chi connectivity index (χ0) is 15.3. The summed E-state index contributed by atoms with van der Waals surface area (Å²) in [5.41, 5.74) is 4.93. The highest BCUT2D eigenvalue weighted by molar-refractivity contribution is 7.89. The molecule has 110 valence electrons. The Kier molecular flexibility index (Phi) is 5.23. The molecule has 8 heteroatoms. The minimum Gasteiger partial charge on any atom is -0.465 e. The first-order valence-corrected chi connectivity index (χ1v) is 7.24. The second kappa shape index (κ2) is 6.49. The van der Waals surface area contributed by atoms with Crippen molar-refractivity contribution in [1.29, 1.82) is 0 Å². The number of sulfonamides is 1. The molecule has 0 fully saturated rings. The molecule has 1 amide bonds. The lowest BCUT2D eigenvalue weighted by molar-refractivity contribution is -0.118. The number of nitrogens with one attached hydrogen (secondary N) is 1. The van der Waals surface area contributed by atoms with E-state index in [4.69, 9.17) is 5.73 Å². The number of nitrogens with two attached hydrogens (primary N) is 1. The minimum absolute atomic E-state index is 0.0752. The Morgan fingerprint density at radius 3 is 2.50 bits per heavy atom. The summed E-state index contributed by atoms with van der Waals surface area (Å²) < 4.78 is 31.2. The van der Waals surface area contributed by atoms with Crippen LogP contribution in [0.25, 0.3) is 0 Å². The third-order valence-electron chi connectivity index (χ3n) is 2.45. The summed E-state index contributed by atoms with van der Waals surface area (Å²) in [6, 6.07) is 4.96. The van der Waals surface area contributed by atoms with Gasteiger partial charge in [0.1, 0.15) is 0 Å². The molecule has 0 spiro atoms. The van der Waals surface area contributed by atoms with Gasteiger partial charge in [0.25, 0.3) is 0 Å². The molecule has 7 nitrogen and oxygen atoms in total. The fraction of sp³-hybridized carbons (Fsp3) is 0.333. The molecule has 0 saturated heterocycles. The molecule has 0 saturated carbocycles. The van der Waals surface area contributed by atoms with Crippen LogP contribution in [-0.4, -0.2) is 33.4 Å². The fourth-order valence-electron chi connectivity index (χ4n) is 1.65. The van der Waals surface area contributed by atoms with Gasteiger partial charge in [-0.15, -0.1) is 0 Å². The van der Waals surface area contributed by atoms with Gasteiger partial charge in [-0.25, -0.2) is 17.9 Å². The van der Waals surface area contributed by atoms with Crippen LogP contribution in [0.4, 0.5) is 0 Å². The largest absolute Gasteiger partial charge is 0.465 e. The van der Waals surface area contributed by atoms with Crippen LogP contribution in [0.5, 0.6) is 0 Å². The molecule has 1 rings (SSSR count). The molecule has 1 aromatic carbocycles. The van der Waals surface area contributed by atoms with Crippen molar-refractivity contribution in [3.05, 3.63) is 29.8 Å². The summed E-state index contributed by atoms with van der Waals surface area (Å²) in [5, 5.41) is 0. The maximum Gasteiger partial charge on any atom is 0.339 e. The lowest BCUT2D eigenvalue weighted by Gasteiger charge is -2.14. The first-order chi connectivity index (χ1) is 9.27. The van der Waals surface area contributed by atoms with Gasteiger partial charge in [0.2, 0.25) is 15.9 Å². The maximum atomic E-state index is 12.2. The Morgan fingerprint density at radius 2 is 1.95 bits per heavy atom. The van der Waals surface area contributed by atoms with E-state index in [-0.39, 0.29) is 16.9 Å². The lowest BCUT2D eigenvalue weighted by Crippen LogP contribution is -2.36. The van der Waals surface area contributed by atoms with Crippen LogP contribution < -0.4 is 10.5 Å². The Hall–Kier alpha value is -1.93. The number of carbonyl (C=O) groups is 2. The van der Waals surface area contributed by atoms with Crippen molar-refractivity contribution in [3.8, 4) is 0 Å². The number of amides is 1. The van der Waals surface area contributed by atoms with E-state index in [1.165, 1.54) is 31.2 Å². The average Bonchev–Trinajstić information content (AvgIpc) is 2.36. The van der Waals surface area contributed by atoms with Crippen molar-refractivity contribution in [2.24, 2.45) is 5.73 Å². The first kappa shape index (κ1) is 16.1. The normalized spacial score (nSPS) is 12.7. The Balaban J connectivity index is 3.10. The Morgan fingerprint density at radius 1 is 1.35 bits per heavy atom. The Labute approximate surface area is 117 Å². The monoisotopic (exact) mass is 300 g/mol. The van der Waals surface area contributed by atoms with E-state index < -0.39 is 27.9 Å². The quantitative estimate of drug-likeness (QED) is 0.718. The summed E-state index contributed by atoms with van der Waals surface area (Å²) in [6.07, 6.45) is -0.139. The summed E-state index contributed by atoms with van der Waals surface area (Å²) in [5.74, 6) is -1.38. The molecular weight excluding hydrogens is 284 g/mol. The van der Waals surface area contributed by atoms with Gasteiger partial charge in [-0.2, -0.15) is 0 Å². The van der Waals surface area contributed by atoms with Crippen LogP contribution in [0.1, 0.15) is 23.7 Å². The van der Waals surface area contributed by atoms with Crippen molar-refractivity contribution in [2.75, 3.05) is 7.11 Å².